The van der Waals surface area contributed by atoms with Crippen LogP contribution in [0.3, 0.4) is 0 Å². The Morgan fingerprint density at radius 3 is 3.16 bits per heavy atom. The second-order valence-corrected chi connectivity index (χ2v) is 6.00. The van der Waals surface area contributed by atoms with Crippen molar-refractivity contribution in [3.05, 3.63) is 28.4 Å². The van der Waals surface area contributed by atoms with Crippen molar-refractivity contribution in [2.45, 2.75) is 31.6 Å². The first kappa shape index (κ1) is 12.7. The highest BCUT2D eigenvalue weighted by Crippen LogP contribution is 2.29. The van der Waals surface area contributed by atoms with Crippen molar-refractivity contribution in [3.8, 4) is 0 Å². The van der Waals surface area contributed by atoms with Gasteiger partial charge >= 0.3 is 0 Å². The summed E-state index contributed by atoms with van der Waals surface area (Å²) in [5.41, 5.74) is 0.825. The lowest BCUT2D eigenvalue weighted by molar-refractivity contribution is -0.128. The SMILES string of the molecule is O=C(C1=COCCC1)N1CCC[C@@H](c2nccs2)C1. The number of hydrogen-bond acceptors (Lipinski definition) is 4. The number of aromatic nitrogens is 1. The lowest BCUT2D eigenvalue weighted by atomic mass is 9.97. The highest BCUT2D eigenvalue weighted by Gasteiger charge is 2.28. The molecule has 0 unspecified atom stereocenters. The molecule has 0 N–H and O–H groups in total. The molecule has 1 amide bonds. The van der Waals surface area contributed by atoms with Gasteiger partial charge in [-0.25, -0.2) is 4.98 Å². The number of ether oxygens (including phenoxy) is 1. The van der Waals surface area contributed by atoms with Gasteiger partial charge in [0.05, 0.1) is 23.4 Å². The molecule has 1 atom stereocenters. The van der Waals surface area contributed by atoms with Crippen LogP contribution in [0.1, 0.15) is 36.6 Å². The topological polar surface area (TPSA) is 42.4 Å². The predicted octanol–water partition coefficient (Wildman–Crippen LogP) is 2.54. The second kappa shape index (κ2) is 5.74. The first-order valence-corrected chi connectivity index (χ1v) is 7.72. The third kappa shape index (κ3) is 2.81. The van der Waals surface area contributed by atoms with Crippen molar-refractivity contribution in [1.29, 1.82) is 0 Å². The first-order valence-electron chi connectivity index (χ1n) is 6.84. The predicted molar refractivity (Wildman–Crippen MR) is 73.9 cm³/mol. The molecular formula is C14H18N2O2S. The van der Waals surface area contributed by atoms with Gasteiger partial charge in [-0.3, -0.25) is 4.79 Å². The molecule has 5 heteroatoms. The van der Waals surface area contributed by atoms with E-state index in [2.05, 4.69) is 4.98 Å². The quantitative estimate of drug-likeness (QED) is 0.835. The molecule has 0 aromatic carbocycles. The molecule has 2 aliphatic heterocycles. The third-order valence-corrected chi connectivity index (χ3v) is 4.66. The number of thiazole rings is 1. The van der Waals surface area contributed by atoms with Gasteiger partial charge in [-0.05, 0) is 25.7 Å². The van der Waals surface area contributed by atoms with Crippen LogP contribution in [0, 0.1) is 0 Å². The fraction of sp³-hybridized carbons (Fsp3) is 0.571. The Morgan fingerprint density at radius 2 is 2.42 bits per heavy atom. The van der Waals surface area contributed by atoms with E-state index in [9.17, 15) is 4.79 Å². The van der Waals surface area contributed by atoms with Crippen molar-refractivity contribution in [3.63, 3.8) is 0 Å². The maximum atomic E-state index is 12.4. The molecular weight excluding hydrogens is 260 g/mol. The van der Waals surface area contributed by atoms with Crippen LogP contribution < -0.4 is 0 Å². The van der Waals surface area contributed by atoms with E-state index in [1.807, 2.05) is 16.5 Å². The van der Waals surface area contributed by atoms with Gasteiger partial charge in [-0.1, -0.05) is 0 Å². The molecule has 4 nitrogen and oxygen atoms in total. The average molecular weight is 278 g/mol. The van der Waals surface area contributed by atoms with Crippen LogP contribution in [0.25, 0.3) is 0 Å². The molecule has 1 fully saturated rings. The number of carbonyl (C=O) groups is 1. The first-order chi connectivity index (χ1) is 9.34. The fourth-order valence-electron chi connectivity index (χ4n) is 2.72. The molecule has 0 bridgehead atoms. The number of rotatable bonds is 2. The molecule has 0 saturated carbocycles. The standard InChI is InChI=1S/C14H18N2O2S/c17-14(12-4-2-7-18-10-12)16-6-1-3-11(9-16)13-15-5-8-19-13/h5,8,10-11H,1-4,6-7,9H2/t11-/m1/s1. The zero-order chi connectivity index (χ0) is 13.1. The van der Waals surface area contributed by atoms with Crippen molar-refractivity contribution < 1.29 is 9.53 Å². The van der Waals surface area contributed by atoms with E-state index < -0.39 is 0 Å². The molecule has 1 aromatic heterocycles. The molecule has 102 valence electrons. The van der Waals surface area contributed by atoms with Crippen LogP contribution in [0.4, 0.5) is 0 Å². The van der Waals surface area contributed by atoms with E-state index in [0.717, 1.165) is 56.0 Å². The van der Waals surface area contributed by atoms with E-state index in [-0.39, 0.29) is 5.91 Å². The molecule has 1 aromatic rings. The van der Waals surface area contributed by atoms with E-state index in [1.165, 1.54) is 0 Å². The van der Waals surface area contributed by atoms with Crippen molar-refractivity contribution in [2.24, 2.45) is 0 Å². The van der Waals surface area contributed by atoms with Gasteiger partial charge in [0.1, 0.15) is 0 Å². The molecule has 19 heavy (non-hydrogen) atoms. The number of piperidine rings is 1. The number of amides is 1. The lowest BCUT2D eigenvalue weighted by Crippen LogP contribution is -2.40. The van der Waals surface area contributed by atoms with Gasteiger partial charge in [0, 0.05) is 30.6 Å². The largest absolute Gasteiger partial charge is 0.501 e. The smallest absolute Gasteiger partial charge is 0.252 e. The number of nitrogens with zero attached hydrogens (tertiary/aromatic N) is 2. The van der Waals surface area contributed by atoms with Crippen LogP contribution in [0.15, 0.2) is 23.4 Å². The Bertz CT molecular complexity index is 470. The third-order valence-electron chi connectivity index (χ3n) is 3.72. The summed E-state index contributed by atoms with van der Waals surface area (Å²) in [6.45, 7) is 2.39. The van der Waals surface area contributed by atoms with Gasteiger partial charge in [-0.15, -0.1) is 11.3 Å². The Hall–Kier alpha value is -1.36. The van der Waals surface area contributed by atoms with Gasteiger partial charge in [0.25, 0.3) is 5.91 Å². The van der Waals surface area contributed by atoms with Crippen molar-refractivity contribution in [1.82, 2.24) is 9.88 Å². The molecule has 0 spiro atoms. The summed E-state index contributed by atoms with van der Waals surface area (Å²) < 4.78 is 5.27. The van der Waals surface area contributed by atoms with E-state index in [4.69, 9.17) is 4.74 Å². The summed E-state index contributed by atoms with van der Waals surface area (Å²) in [7, 11) is 0. The zero-order valence-electron chi connectivity index (χ0n) is 10.9. The van der Waals surface area contributed by atoms with Crippen molar-refractivity contribution in [2.75, 3.05) is 19.7 Å². The summed E-state index contributed by atoms with van der Waals surface area (Å²) in [4.78, 5) is 18.8. The normalized spacial score (nSPS) is 23.7. The van der Waals surface area contributed by atoms with Gasteiger partial charge in [-0.2, -0.15) is 0 Å². The summed E-state index contributed by atoms with van der Waals surface area (Å²) in [6.07, 6.45) is 7.48. The number of carbonyl (C=O) groups excluding carboxylic acids is 1. The van der Waals surface area contributed by atoms with Crippen molar-refractivity contribution >= 4 is 17.2 Å². The maximum Gasteiger partial charge on any atom is 0.252 e. The highest BCUT2D eigenvalue weighted by molar-refractivity contribution is 7.09. The average Bonchev–Trinajstić information content (AvgIpc) is 3.02. The van der Waals surface area contributed by atoms with Gasteiger partial charge < -0.3 is 9.64 Å². The van der Waals surface area contributed by atoms with Crippen LogP contribution >= 0.6 is 11.3 Å². The molecule has 1 saturated heterocycles. The van der Waals surface area contributed by atoms with Crippen LogP contribution in [0.2, 0.25) is 0 Å². The summed E-state index contributed by atoms with van der Waals surface area (Å²) in [5, 5.41) is 3.17. The van der Waals surface area contributed by atoms with E-state index in [1.54, 1.807) is 17.6 Å². The Kier molecular flexibility index (Phi) is 3.82. The Morgan fingerprint density at radius 1 is 1.47 bits per heavy atom. The molecule has 0 radical (unpaired) electrons. The summed E-state index contributed by atoms with van der Waals surface area (Å²) in [6, 6.07) is 0. The molecule has 2 aliphatic rings. The second-order valence-electron chi connectivity index (χ2n) is 5.08. The number of likely N-dealkylation sites (tertiary alicyclic amines) is 1. The minimum Gasteiger partial charge on any atom is -0.501 e. The van der Waals surface area contributed by atoms with Crippen LogP contribution in [-0.2, 0) is 9.53 Å². The molecule has 3 heterocycles. The number of hydrogen-bond donors (Lipinski definition) is 0. The minimum absolute atomic E-state index is 0.154. The van der Waals surface area contributed by atoms with E-state index >= 15 is 0 Å². The minimum atomic E-state index is 0.154. The van der Waals surface area contributed by atoms with Crippen LogP contribution in [0.5, 0.6) is 0 Å². The van der Waals surface area contributed by atoms with E-state index in [0.29, 0.717) is 5.92 Å². The zero-order valence-corrected chi connectivity index (χ0v) is 11.7. The fourth-order valence-corrected chi connectivity index (χ4v) is 3.49. The van der Waals surface area contributed by atoms with Gasteiger partial charge in [0.15, 0.2) is 0 Å². The van der Waals surface area contributed by atoms with Gasteiger partial charge in [0.2, 0.25) is 0 Å². The Balaban J connectivity index is 1.68. The highest BCUT2D eigenvalue weighted by atomic mass is 32.1. The van der Waals surface area contributed by atoms with Crippen LogP contribution in [-0.4, -0.2) is 35.5 Å². The summed E-state index contributed by atoms with van der Waals surface area (Å²) in [5.74, 6) is 0.559. The summed E-state index contributed by atoms with van der Waals surface area (Å²) >= 11 is 1.69. The molecule has 0 aliphatic carbocycles. The lowest BCUT2D eigenvalue weighted by Gasteiger charge is -2.32. The monoisotopic (exact) mass is 278 g/mol. The Labute approximate surface area is 117 Å². The molecule has 3 rings (SSSR count). The maximum absolute atomic E-state index is 12.4.